The van der Waals surface area contributed by atoms with Gasteiger partial charge >= 0.3 is 6.18 Å². The Morgan fingerprint density at radius 3 is 2.86 bits per heavy atom. The van der Waals surface area contributed by atoms with Crippen LogP contribution in [0.2, 0.25) is 0 Å². The molecule has 4 nitrogen and oxygen atoms in total. The van der Waals surface area contributed by atoms with Crippen LogP contribution >= 0.6 is 0 Å². The Morgan fingerprint density at radius 1 is 1.18 bits per heavy atom. The third-order valence-corrected chi connectivity index (χ3v) is 4.99. The molecule has 2 aliphatic heterocycles. The molecule has 7 heteroatoms. The maximum Gasteiger partial charge on any atom is 0.416 e. The standard InChI is InChI=1S/C21H19F3N2O2/c22-21(23,24)15-4-5-16-14(7-9-28-19(16)11-15)10-20(27)26-18-3-1-2-13-6-8-25-12-17(13)18/h1-5,10-11,25H,6-9,12H2,(H,26,27). The Kier molecular flexibility index (Phi) is 4.85. The zero-order chi connectivity index (χ0) is 19.7. The Bertz CT molecular complexity index is 951. The van der Waals surface area contributed by atoms with Crippen LogP contribution in [0.15, 0.2) is 42.5 Å². The Hall–Kier alpha value is -2.80. The van der Waals surface area contributed by atoms with E-state index in [1.165, 1.54) is 17.7 Å². The predicted octanol–water partition coefficient (Wildman–Crippen LogP) is 4.16. The van der Waals surface area contributed by atoms with Crippen molar-refractivity contribution in [3.63, 3.8) is 0 Å². The van der Waals surface area contributed by atoms with Crippen LogP contribution in [0, 0.1) is 0 Å². The molecule has 2 heterocycles. The average Bonchev–Trinajstić information content (AvgIpc) is 2.67. The van der Waals surface area contributed by atoms with Crippen molar-refractivity contribution < 1.29 is 22.7 Å². The number of hydrogen-bond acceptors (Lipinski definition) is 3. The van der Waals surface area contributed by atoms with Crippen molar-refractivity contribution in [2.45, 2.75) is 25.6 Å². The molecule has 2 aromatic carbocycles. The first kappa shape index (κ1) is 18.6. The minimum atomic E-state index is -4.43. The van der Waals surface area contributed by atoms with Gasteiger partial charge in [0.05, 0.1) is 12.2 Å². The van der Waals surface area contributed by atoms with E-state index in [1.807, 2.05) is 12.1 Å². The molecular formula is C21H19F3N2O2. The van der Waals surface area contributed by atoms with Gasteiger partial charge in [0.1, 0.15) is 5.75 Å². The molecule has 0 unspecified atom stereocenters. The Labute approximate surface area is 160 Å². The Balaban J connectivity index is 1.58. The average molecular weight is 388 g/mol. The summed E-state index contributed by atoms with van der Waals surface area (Å²) in [6.45, 7) is 1.84. The number of anilines is 1. The fourth-order valence-corrected chi connectivity index (χ4v) is 3.60. The number of fused-ring (bicyclic) bond motifs is 2. The predicted molar refractivity (Wildman–Crippen MR) is 100 cm³/mol. The minimum absolute atomic E-state index is 0.154. The Morgan fingerprint density at radius 2 is 2.04 bits per heavy atom. The SMILES string of the molecule is O=C(C=C1CCOc2cc(C(F)(F)F)ccc21)Nc1cccc2c1CNCC2. The monoisotopic (exact) mass is 388 g/mol. The number of amides is 1. The van der Waals surface area contributed by atoms with Crippen LogP contribution in [0.25, 0.3) is 5.57 Å². The third kappa shape index (κ3) is 3.75. The van der Waals surface area contributed by atoms with Gasteiger partial charge in [0.15, 0.2) is 0 Å². The fourth-order valence-electron chi connectivity index (χ4n) is 3.60. The molecule has 0 bridgehead atoms. The van der Waals surface area contributed by atoms with Crippen LogP contribution in [0.4, 0.5) is 18.9 Å². The summed E-state index contributed by atoms with van der Waals surface area (Å²) in [7, 11) is 0. The second-order valence-electron chi connectivity index (χ2n) is 6.84. The lowest BCUT2D eigenvalue weighted by Crippen LogP contribution is -2.25. The molecule has 2 aliphatic rings. The summed E-state index contributed by atoms with van der Waals surface area (Å²) in [5.41, 5.74) is 3.45. The van der Waals surface area contributed by atoms with Crippen molar-refractivity contribution in [1.82, 2.24) is 5.32 Å². The number of rotatable bonds is 2. The summed E-state index contributed by atoms with van der Waals surface area (Å²) < 4.78 is 44.1. The second-order valence-corrected chi connectivity index (χ2v) is 6.84. The number of carbonyl (C=O) groups excluding carboxylic acids is 1. The van der Waals surface area contributed by atoms with Crippen LogP contribution in [-0.2, 0) is 23.9 Å². The van der Waals surface area contributed by atoms with Gasteiger partial charge in [0, 0.05) is 30.3 Å². The topological polar surface area (TPSA) is 50.4 Å². The summed E-state index contributed by atoms with van der Waals surface area (Å²) in [5.74, 6) is -0.150. The first-order valence-corrected chi connectivity index (χ1v) is 9.09. The number of nitrogens with one attached hydrogen (secondary N) is 2. The van der Waals surface area contributed by atoms with Gasteiger partial charge in [-0.2, -0.15) is 13.2 Å². The van der Waals surface area contributed by atoms with E-state index in [0.29, 0.717) is 24.1 Å². The summed E-state index contributed by atoms with van der Waals surface area (Å²) in [4.78, 5) is 12.6. The minimum Gasteiger partial charge on any atom is -0.493 e. The molecule has 0 radical (unpaired) electrons. The first-order valence-electron chi connectivity index (χ1n) is 9.09. The molecule has 0 saturated carbocycles. The van der Waals surface area contributed by atoms with Crippen LogP contribution in [0.1, 0.15) is 28.7 Å². The van der Waals surface area contributed by atoms with Crippen molar-refractivity contribution in [2.75, 3.05) is 18.5 Å². The second kappa shape index (κ2) is 7.31. The highest BCUT2D eigenvalue weighted by atomic mass is 19.4. The first-order chi connectivity index (χ1) is 13.4. The van der Waals surface area contributed by atoms with Gasteiger partial charge in [-0.15, -0.1) is 0 Å². The van der Waals surface area contributed by atoms with E-state index in [4.69, 9.17) is 4.74 Å². The van der Waals surface area contributed by atoms with Crippen molar-refractivity contribution in [3.8, 4) is 5.75 Å². The molecule has 2 aromatic rings. The molecule has 146 valence electrons. The molecule has 0 fully saturated rings. The zero-order valence-corrected chi connectivity index (χ0v) is 15.0. The van der Waals surface area contributed by atoms with Crippen LogP contribution < -0.4 is 15.4 Å². The van der Waals surface area contributed by atoms with E-state index >= 15 is 0 Å². The van der Waals surface area contributed by atoms with Gasteiger partial charge in [-0.1, -0.05) is 18.2 Å². The lowest BCUT2D eigenvalue weighted by Gasteiger charge is -2.22. The highest BCUT2D eigenvalue weighted by Gasteiger charge is 2.32. The van der Waals surface area contributed by atoms with Gasteiger partial charge in [0.2, 0.25) is 5.91 Å². The van der Waals surface area contributed by atoms with E-state index in [9.17, 15) is 18.0 Å². The van der Waals surface area contributed by atoms with Crippen molar-refractivity contribution in [3.05, 3.63) is 64.7 Å². The summed E-state index contributed by atoms with van der Waals surface area (Å²) in [6.07, 6.45) is -1.62. The highest BCUT2D eigenvalue weighted by molar-refractivity contribution is 6.05. The van der Waals surface area contributed by atoms with Gasteiger partial charge in [-0.05, 0) is 47.9 Å². The van der Waals surface area contributed by atoms with E-state index in [1.54, 1.807) is 0 Å². The molecule has 28 heavy (non-hydrogen) atoms. The molecule has 0 aromatic heterocycles. The number of alkyl halides is 3. The van der Waals surface area contributed by atoms with E-state index in [-0.39, 0.29) is 18.3 Å². The van der Waals surface area contributed by atoms with E-state index in [2.05, 4.69) is 16.7 Å². The number of hydrogen-bond donors (Lipinski definition) is 2. The number of benzene rings is 2. The molecule has 0 spiro atoms. The summed E-state index contributed by atoms with van der Waals surface area (Å²) >= 11 is 0. The molecule has 1 amide bonds. The maximum atomic E-state index is 12.9. The summed E-state index contributed by atoms with van der Waals surface area (Å²) in [5, 5.41) is 6.20. The number of carbonyl (C=O) groups is 1. The van der Waals surface area contributed by atoms with Gasteiger partial charge in [0.25, 0.3) is 0 Å². The largest absolute Gasteiger partial charge is 0.493 e. The molecule has 0 atom stereocenters. The van der Waals surface area contributed by atoms with Gasteiger partial charge < -0.3 is 15.4 Å². The van der Waals surface area contributed by atoms with Crippen LogP contribution in [0.5, 0.6) is 5.75 Å². The fraction of sp³-hybridized carbons (Fsp3) is 0.286. The van der Waals surface area contributed by atoms with Gasteiger partial charge in [-0.3, -0.25) is 4.79 Å². The van der Waals surface area contributed by atoms with Crippen molar-refractivity contribution in [1.29, 1.82) is 0 Å². The molecule has 4 rings (SSSR count). The highest BCUT2D eigenvalue weighted by Crippen LogP contribution is 2.38. The zero-order valence-electron chi connectivity index (χ0n) is 15.0. The normalized spacial score (nSPS) is 17.5. The molecule has 2 N–H and O–H groups in total. The maximum absolute atomic E-state index is 12.9. The van der Waals surface area contributed by atoms with Crippen LogP contribution in [0.3, 0.4) is 0 Å². The summed E-state index contributed by atoms with van der Waals surface area (Å²) in [6, 6.07) is 9.19. The smallest absolute Gasteiger partial charge is 0.416 e. The molecule has 0 aliphatic carbocycles. The van der Waals surface area contributed by atoms with Gasteiger partial charge in [-0.25, -0.2) is 0 Å². The molecule has 0 saturated heterocycles. The molecular weight excluding hydrogens is 369 g/mol. The van der Waals surface area contributed by atoms with E-state index < -0.39 is 11.7 Å². The van der Waals surface area contributed by atoms with Crippen molar-refractivity contribution in [2.24, 2.45) is 0 Å². The van der Waals surface area contributed by atoms with Crippen molar-refractivity contribution >= 4 is 17.2 Å². The lowest BCUT2D eigenvalue weighted by atomic mass is 9.97. The number of ether oxygens (including phenoxy) is 1. The third-order valence-electron chi connectivity index (χ3n) is 4.99. The lowest BCUT2D eigenvalue weighted by molar-refractivity contribution is -0.137. The quantitative estimate of drug-likeness (QED) is 0.760. The van der Waals surface area contributed by atoms with Crippen LogP contribution in [-0.4, -0.2) is 19.1 Å². The van der Waals surface area contributed by atoms with E-state index in [0.717, 1.165) is 36.3 Å². The number of halogens is 3.